The standard InChI is InChI=1S/C12H15NO3/c1-8-3-2-4-10-12(8)13-9(7-16-10)5-6-11(14)15/h2-4,9,13H,5-7H2,1H3,(H,14,15). The van der Waals surface area contributed by atoms with Gasteiger partial charge >= 0.3 is 5.97 Å². The molecule has 0 fully saturated rings. The molecular formula is C12H15NO3. The lowest BCUT2D eigenvalue weighted by molar-refractivity contribution is -0.137. The van der Waals surface area contributed by atoms with Crippen molar-refractivity contribution in [2.24, 2.45) is 0 Å². The van der Waals surface area contributed by atoms with E-state index >= 15 is 0 Å². The smallest absolute Gasteiger partial charge is 0.303 e. The van der Waals surface area contributed by atoms with Gasteiger partial charge in [-0.25, -0.2) is 0 Å². The van der Waals surface area contributed by atoms with E-state index in [1.165, 1.54) is 0 Å². The van der Waals surface area contributed by atoms with Crippen molar-refractivity contribution in [2.45, 2.75) is 25.8 Å². The summed E-state index contributed by atoms with van der Waals surface area (Å²) < 4.78 is 5.59. The van der Waals surface area contributed by atoms with E-state index in [0.717, 1.165) is 17.0 Å². The molecular weight excluding hydrogens is 206 g/mol. The van der Waals surface area contributed by atoms with Crippen molar-refractivity contribution in [3.8, 4) is 5.75 Å². The van der Waals surface area contributed by atoms with E-state index in [-0.39, 0.29) is 12.5 Å². The Morgan fingerprint density at radius 1 is 1.62 bits per heavy atom. The van der Waals surface area contributed by atoms with E-state index in [9.17, 15) is 4.79 Å². The number of hydrogen-bond acceptors (Lipinski definition) is 3. The van der Waals surface area contributed by atoms with Gasteiger partial charge in [-0.2, -0.15) is 0 Å². The predicted octanol–water partition coefficient (Wildman–Crippen LogP) is 2.03. The Hall–Kier alpha value is -1.71. The van der Waals surface area contributed by atoms with Crippen LogP contribution in [0.25, 0.3) is 0 Å². The number of fused-ring (bicyclic) bond motifs is 1. The summed E-state index contributed by atoms with van der Waals surface area (Å²) in [6.07, 6.45) is 0.755. The first-order valence-electron chi connectivity index (χ1n) is 5.37. The number of carboxylic acids is 1. The van der Waals surface area contributed by atoms with Crippen LogP contribution in [0, 0.1) is 6.92 Å². The van der Waals surface area contributed by atoms with E-state index in [0.29, 0.717) is 13.0 Å². The van der Waals surface area contributed by atoms with E-state index < -0.39 is 5.97 Å². The van der Waals surface area contributed by atoms with Crippen molar-refractivity contribution in [1.29, 1.82) is 0 Å². The molecule has 1 heterocycles. The monoisotopic (exact) mass is 221 g/mol. The number of anilines is 1. The van der Waals surface area contributed by atoms with Gasteiger partial charge in [0.1, 0.15) is 12.4 Å². The average Bonchev–Trinajstić information content (AvgIpc) is 2.27. The maximum Gasteiger partial charge on any atom is 0.303 e. The highest BCUT2D eigenvalue weighted by atomic mass is 16.5. The summed E-state index contributed by atoms with van der Waals surface area (Å²) in [5, 5.41) is 12.0. The van der Waals surface area contributed by atoms with Crippen LogP contribution >= 0.6 is 0 Å². The molecule has 0 bridgehead atoms. The molecule has 0 amide bonds. The van der Waals surface area contributed by atoms with E-state index in [2.05, 4.69) is 5.32 Å². The molecule has 0 aliphatic carbocycles. The fourth-order valence-corrected chi connectivity index (χ4v) is 1.84. The van der Waals surface area contributed by atoms with Gasteiger partial charge in [-0.1, -0.05) is 12.1 Å². The number of hydrogen-bond donors (Lipinski definition) is 2. The van der Waals surface area contributed by atoms with Crippen LogP contribution in [0.2, 0.25) is 0 Å². The summed E-state index contributed by atoms with van der Waals surface area (Å²) in [6, 6.07) is 5.97. The second-order valence-electron chi connectivity index (χ2n) is 4.03. The molecule has 2 rings (SSSR count). The largest absolute Gasteiger partial charge is 0.489 e. The first-order valence-corrected chi connectivity index (χ1v) is 5.37. The number of aryl methyl sites for hydroxylation is 1. The Balaban J connectivity index is 2.05. The number of para-hydroxylation sites is 1. The van der Waals surface area contributed by atoms with Gasteiger partial charge in [0.05, 0.1) is 11.7 Å². The topological polar surface area (TPSA) is 58.6 Å². The number of ether oxygens (including phenoxy) is 1. The lowest BCUT2D eigenvalue weighted by Crippen LogP contribution is -2.32. The minimum atomic E-state index is -0.766. The SMILES string of the molecule is Cc1cccc2c1NC(CCC(=O)O)CO2. The first-order chi connectivity index (χ1) is 7.66. The van der Waals surface area contributed by atoms with Crippen LogP contribution in [-0.4, -0.2) is 23.7 Å². The van der Waals surface area contributed by atoms with Crippen LogP contribution in [0.5, 0.6) is 5.75 Å². The molecule has 2 N–H and O–H groups in total. The molecule has 0 aromatic heterocycles. The van der Waals surface area contributed by atoms with Crippen molar-refractivity contribution >= 4 is 11.7 Å². The van der Waals surface area contributed by atoms with Gasteiger partial charge in [0.2, 0.25) is 0 Å². The average molecular weight is 221 g/mol. The van der Waals surface area contributed by atoms with Crippen molar-refractivity contribution in [3.63, 3.8) is 0 Å². The quantitative estimate of drug-likeness (QED) is 0.820. The molecule has 1 atom stereocenters. The number of nitrogens with one attached hydrogen (secondary N) is 1. The van der Waals surface area contributed by atoms with Crippen LogP contribution in [0.1, 0.15) is 18.4 Å². The third-order valence-corrected chi connectivity index (χ3v) is 2.73. The van der Waals surface area contributed by atoms with Crippen LogP contribution < -0.4 is 10.1 Å². The molecule has 1 aromatic rings. The minimum absolute atomic E-state index is 0.0877. The summed E-state index contributed by atoms with van der Waals surface area (Å²) in [4.78, 5) is 10.5. The van der Waals surface area contributed by atoms with Gasteiger partial charge < -0.3 is 15.2 Å². The third-order valence-electron chi connectivity index (χ3n) is 2.73. The van der Waals surface area contributed by atoms with Crippen molar-refractivity contribution in [1.82, 2.24) is 0 Å². The molecule has 0 saturated carbocycles. The van der Waals surface area contributed by atoms with Gasteiger partial charge in [-0.05, 0) is 25.0 Å². The number of aliphatic carboxylic acids is 1. The van der Waals surface area contributed by atoms with Gasteiger partial charge in [-0.3, -0.25) is 4.79 Å². The molecule has 4 nitrogen and oxygen atoms in total. The highest BCUT2D eigenvalue weighted by Crippen LogP contribution is 2.32. The van der Waals surface area contributed by atoms with Crippen LogP contribution in [-0.2, 0) is 4.79 Å². The molecule has 16 heavy (non-hydrogen) atoms. The Morgan fingerprint density at radius 3 is 3.19 bits per heavy atom. The Morgan fingerprint density at radius 2 is 2.44 bits per heavy atom. The molecule has 4 heteroatoms. The molecule has 0 spiro atoms. The zero-order chi connectivity index (χ0) is 11.5. The highest BCUT2D eigenvalue weighted by molar-refractivity contribution is 5.67. The Kier molecular flexibility index (Phi) is 2.99. The van der Waals surface area contributed by atoms with Crippen LogP contribution in [0.3, 0.4) is 0 Å². The summed E-state index contributed by atoms with van der Waals surface area (Å²) in [5.74, 6) is 0.0870. The fourth-order valence-electron chi connectivity index (χ4n) is 1.84. The van der Waals surface area contributed by atoms with Crippen LogP contribution in [0.4, 0.5) is 5.69 Å². The van der Waals surface area contributed by atoms with E-state index in [4.69, 9.17) is 9.84 Å². The molecule has 0 radical (unpaired) electrons. The summed E-state index contributed by atoms with van der Waals surface area (Å²) >= 11 is 0. The molecule has 1 aliphatic rings. The van der Waals surface area contributed by atoms with Gasteiger partial charge in [0.15, 0.2) is 0 Å². The second-order valence-corrected chi connectivity index (χ2v) is 4.03. The number of rotatable bonds is 3. The van der Waals surface area contributed by atoms with Crippen molar-refractivity contribution in [2.75, 3.05) is 11.9 Å². The van der Waals surface area contributed by atoms with Gasteiger partial charge in [0, 0.05) is 6.42 Å². The van der Waals surface area contributed by atoms with E-state index in [1.807, 2.05) is 25.1 Å². The third kappa shape index (κ3) is 2.27. The lowest BCUT2D eigenvalue weighted by Gasteiger charge is -2.28. The number of carbonyl (C=O) groups is 1. The van der Waals surface area contributed by atoms with Crippen molar-refractivity contribution < 1.29 is 14.6 Å². The molecule has 1 unspecified atom stereocenters. The minimum Gasteiger partial charge on any atom is -0.489 e. The maximum absolute atomic E-state index is 10.5. The lowest BCUT2D eigenvalue weighted by atomic mass is 10.1. The fraction of sp³-hybridized carbons (Fsp3) is 0.417. The first kappa shape index (κ1) is 10.8. The Bertz CT molecular complexity index is 403. The van der Waals surface area contributed by atoms with Crippen LogP contribution in [0.15, 0.2) is 18.2 Å². The Labute approximate surface area is 94.2 Å². The molecule has 86 valence electrons. The predicted molar refractivity (Wildman–Crippen MR) is 61.0 cm³/mol. The number of carboxylic acid groups (broad SMARTS) is 1. The summed E-state index contributed by atoms with van der Waals surface area (Å²) in [6.45, 7) is 2.54. The number of benzene rings is 1. The summed E-state index contributed by atoms with van der Waals surface area (Å²) in [5.41, 5.74) is 2.11. The summed E-state index contributed by atoms with van der Waals surface area (Å²) in [7, 11) is 0. The highest BCUT2D eigenvalue weighted by Gasteiger charge is 2.20. The normalized spacial score (nSPS) is 18.2. The zero-order valence-electron chi connectivity index (χ0n) is 9.19. The van der Waals surface area contributed by atoms with Crippen molar-refractivity contribution in [3.05, 3.63) is 23.8 Å². The van der Waals surface area contributed by atoms with E-state index in [1.54, 1.807) is 0 Å². The maximum atomic E-state index is 10.5. The van der Waals surface area contributed by atoms with Gasteiger partial charge in [-0.15, -0.1) is 0 Å². The molecule has 1 aromatic carbocycles. The van der Waals surface area contributed by atoms with Gasteiger partial charge in [0.25, 0.3) is 0 Å². The molecule has 0 saturated heterocycles. The molecule has 1 aliphatic heterocycles. The second kappa shape index (κ2) is 4.43. The zero-order valence-corrected chi connectivity index (χ0v) is 9.19.